The highest BCUT2D eigenvalue weighted by Crippen LogP contribution is 2.28. The van der Waals surface area contributed by atoms with E-state index in [0.717, 1.165) is 36.8 Å². The molecular formula is C14H19N5. The first-order chi connectivity index (χ1) is 9.15. The molecule has 2 aromatic heterocycles. The van der Waals surface area contributed by atoms with Crippen molar-refractivity contribution in [3.8, 4) is 0 Å². The van der Waals surface area contributed by atoms with E-state index in [2.05, 4.69) is 51.9 Å². The van der Waals surface area contributed by atoms with Crippen molar-refractivity contribution in [3.05, 3.63) is 34.9 Å². The third kappa shape index (κ3) is 2.20. The van der Waals surface area contributed by atoms with E-state index in [1.54, 1.807) is 0 Å². The molecule has 1 fully saturated rings. The molecule has 3 heterocycles. The SMILES string of the molecule is Cc1nc(N2CCC(c3ccn[nH]3)C2)nc(C)c1C. The Hall–Kier alpha value is -1.91. The number of anilines is 1. The average Bonchev–Trinajstić information content (AvgIpc) is 3.05. The predicted octanol–water partition coefficient (Wildman–Crippen LogP) is 2.12. The molecule has 100 valence electrons. The number of hydrogen-bond donors (Lipinski definition) is 1. The van der Waals surface area contributed by atoms with Crippen molar-refractivity contribution < 1.29 is 0 Å². The number of aromatic amines is 1. The van der Waals surface area contributed by atoms with Gasteiger partial charge in [0, 0.05) is 42.3 Å². The van der Waals surface area contributed by atoms with Gasteiger partial charge in [0.25, 0.3) is 0 Å². The Morgan fingerprint density at radius 1 is 1.21 bits per heavy atom. The van der Waals surface area contributed by atoms with Crippen LogP contribution in [-0.2, 0) is 0 Å². The Balaban J connectivity index is 1.81. The van der Waals surface area contributed by atoms with Crippen LogP contribution in [0.4, 0.5) is 5.95 Å². The molecule has 2 aromatic rings. The number of rotatable bonds is 2. The number of H-pyrrole nitrogens is 1. The van der Waals surface area contributed by atoms with Gasteiger partial charge in [-0.15, -0.1) is 0 Å². The van der Waals surface area contributed by atoms with Gasteiger partial charge in [0.05, 0.1) is 0 Å². The summed E-state index contributed by atoms with van der Waals surface area (Å²) in [7, 11) is 0. The summed E-state index contributed by atoms with van der Waals surface area (Å²) in [5, 5.41) is 7.10. The second-order valence-corrected chi connectivity index (χ2v) is 5.26. The maximum atomic E-state index is 4.62. The van der Waals surface area contributed by atoms with Crippen LogP contribution >= 0.6 is 0 Å². The largest absolute Gasteiger partial charge is 0.340 e. The molecule has 1 aliphatic rings. The van der Waals surface area contributed by atoms with Crippen LogP contribution in [0.5, 0.6) is 0 Å². The maximum Gasteiger partial charge on any atom is 0.225 e. The topological polar surface area (TPSA) is 57.7 Å². The zero-order valence-corrected chi connectivity index (χ0v) is 11.6. The van der Waals surface area contributed by atoms with Crippen LogP contribution in [-0.4, -0.2) is 33.3 Å². The van der Waals surface area contributed by atoms with Crippen LogP contribution in [0.3, 0.4) is 0 Å². The lowest BCUT2D eigenvalue weighted by molar-refractivity contribution is 0.736. The summed E-state index contributed by atoms with van der Waals surface area (Å²) in [6.07, 6.45) is 2.94. The number of nitrogens with one attached hydrogen (secondary N) is 1. The molecule has 1 atom stereocenters. The lowest BCUT2D eigenvalue weighted by atomic mass is 10.1. The van der Waals surface area contributed by atoms with Gasteiger partial charge >= 0.3 is 0 Å². The molecule has 0 radical (unpaired) electrons. The number of aromatic nitrogens is 4. The van der Waals surface area contributed by atoms with E-state index < -0.39 is 0 Å². The molecule has 1 aliphatic heterocycles. The minimum absolute atomic E-state index is 0.507. The second-order valence-electron chi connectivity index (χ2n) is 5.26. The minimum Gasteiger partial charge on any atom is -0.340 e. The second kappa shape index (κ2) is 4.64. The fraction of sp³-hybridized carbons (Fsp3) is 0.500. The smallest absolute Gasteiger partial charge is 0.225 e. The predicted molar refractivity (Wildman–Crippen MR) is 74.4 cm³/mol. The quantitative estimate of drug-likeness (QED) is 0.895. The van der Waals surface area contributed by atoms with Gasteiger partial charge in [-0.05, 0) is 38.8 Å². The molecule has 0 saturated carbocycles. The normalized spacial score (nSPS) is 19.1. The van der Waals surface area contributed by atoms with E-state index in [0.29, 0.717) is 5.92 Å². The van der Waals surface area contributed by atoms with Crippen molar-refractivity contribution in [2.75, 3.05) is 18.0 Å². The average molecular weight is 257 g/mol. The Kier molecular flexibility index (Phi) is 2.97. The minimum atomic E-state index is 0.507. The van der Waals surface area contributed by atoms with Crippen LogP contribution < -0.4 is 4.90 Å². The third-order valence-corrected chi connectivity index (χ3v) is 4.05. The summed E-state index contributed by atoms with van der Waals surface area (Å²) in [6.45, 7) is 8.15. The van der Waals surface area contributed by atoms with Gasteiger partial charge in [-0.2, -0.15) is 5.10 Å². The lowest BCUT2D eigenvalue weighted by Gasteiger charge is -2.18. The molecule has 1 unspecified atom stereocenters. The summed E-state index contributed by atoms with van der Waals surface area (Å²) in [4.78, 5) is 11.5. The maximum absolute atomic E-state index is 4.62. The van der Waals surface area contributed by atoms with Crippen LogP contribution in [0, 0.1) is 20.8 Å². The molecule has 0 aliphatic carbocycles. The van der Waals surface area contributed by atoms with E-state index in [1.807, 2.05) is 6.20 Å². The molecule has 19 heavy (non-hydrogen) atoms. The first-order valence-corrected chi connectivity index (χ1v) is 6.71. The number of hydrogen-bond acceptors (Lipinski definition) is 4. The molecule has 1 saturated heterocycles. The van der Waals surface area contributed by atoms with Gasteiger partial charge in [-0.1, -0.05) is 0 Å². The highest BCUT2D eigenvalue weighted by molar-refractivity contribution is 5.38. The van der Waals surface area contributed by atoms with Crippen LogP contribution in [0.15, 0.2) is 12.3 Å². The molecule has 0 bridgehead atoms. The summed E-state index contributed by atoms with van der Waals surface area (Å²) in [5.41, 5.74) is 4.55. The van der Waals surface area contributed by atoms with Crippen molar-refractivity contribution in [1.29, 1.82) is 0 Å². The molecule has 0 spiro atoms. The van der Waals surface area contributed by atoms with E-state index in [9.17, 15) is 0 Å². The molecule has 0 aromatic carbocycles. The third-order valence-electron chi connectivity index (χ3n) is 4.05. The van der Waals surface area contributed by atoms with E-state index in [1.165, 1.54) is 11.3 Å². The van der Waals surface area contributed by atoms with Gasteiger partial charge in [0.15, 0.2) is 0 Å². The molecule has 5 nitrogen and oxygen atoms in total. The van der Waals surface area contributed by atoms with Gasteiger partial charge in [-0.25, -0.2) is 9.97 Å². The Bertz CT molecular complexity index is 553. The molecule has 5 heteroatoms. The summed E-state index contributed by atoms with van der Waals surface area (Å²) >= 11 is 0. The molecule has 3 rings (SSSR count). The van der Waals surface area contributed by atoms with Crippen molar-refractivity contribution >= 4 is 5.95 Å². The number of aryl methyl sites for hydroxylation is 2. The van der Waals surface area contributed by atoms with Crippen LogP contribution in [0.2, 0.25) is 0 Å². The molecule has 1 N–H and O–H groups in total. The summed E-state index contributed by atoms with van der Waals surface area (Å²) in [6, 6.07) is 2.06. The van der Waals surface area contributed by atoms with Gasteiger partial charge in [0.2, 0.25) is 5.95 Å². The highest BCUT2D eigenvalue weighted by atomic mass is 15.3. The fourth-order valence-corrected chi connectivity index (χ4v) is 2.59. The monoisotopic (exact) mass is 257 g/mol. The van der Waals surface area contributed by atoms with E-state index in [-0.39, 0.29) is 0 Å². The van der Waals surface area contributed by atoms with E-state index >= 15 is 0 Å². The Labute approximate surface area is 113 Å². The standard InChI is InChI=1S/C14H19N5/c1-9-10(2)16-14(17-11(9)3)19-7-5-12(8-19)13-4-6-15-18-13/h4,6,12H,5,7-8H2,1-3H3,(H,15,18). The zero-order chi connectivity index (χ0) is 13.4. The van der Waals surface area contributed by atoms with Gasteiger partial charge in [-0.3, -0.25) is 5.10 Å². The highest BCUT2D eigenvalue weighted by Gasteiger charge is 2.26. The van der Waals surface area contributed by atoms with Gasteiger partial charge < -0.3 is 4.90 Å². The van der Waals surface area contributed by atoms with Crippen LogP contribution in [0.25, 0.3) is 0 Å². The fourth-order valence-electron chi connectivity index (χ4n) is 2.59. The van der Waals surface area contributed by atoms with Crippen molar-refractivity contribution in [2.24, 2.45) is 0 Å². The molecular weight excluding hydrogens is 238 g/mol. The first-order valence-electron chi connectivity index (χ1n) is 6.71. The summed E-state index contributed by atoms with van der Waals surface area (Å²) < 4.78 is 0. The lowest BCUT2D eigenvalue weighted by Crippen LogP contribution is -2.22. The van der Waals surface area contributed by atoms with Gasteiger partial charge in [0.1, 0.15) is 0 Å². The summed E-state index contributed by atoms with van der Waals surface area (Å²) in [5.74, 6) is 1.37. The van der Waals surface area contributed by atoms with Crippen molar-refractivity contribution in [2.45, 2.75) is 33.1 Å². The van der Waals surface area contributed by atoms with Crippen LogP contribution in [0.1, 0.15) is 35.0 Å². The van der Waals surface area contributed by atoms with Crippen molar-refractivity contribution in [1.82, 2.24) is 20.2 Å². The molecule has 0 amide bonds. The van der Waals surface area contributed by atoms with E-state index in [4.69, 9.17) is 0 Å². The Morgan fingerprint density at radius 3 is 2.58 bits per heavy atom. The van der Waals surface area contributed by atoms with Crippen molar-refractivity contribution in [3.63, 3.8) is 0 Å². The zero-order valence-electron chi connectivity index (χ0n) is 11.6. The number of nitrogens with zero attached hydrogens (tertiary/aromatic N) is 4. The first kappa shape index (κ1) is 12.1. The Morgan fingerprint density at radius 2 is 1.95 bits per heavy atom.